The molecule has 180 valence electrons. The van der Waals surface area contributed by atoms with Gasteiger partial charge in [-0.05, 0) is 47.0 Å². The zero-order valence-corrected chi connectivity index (χ0v) is 19.6. The maximum Gasteiger partial charge on any atom is 0.346 e. The molecule has 0 aromatic heterocycles. The van der Waals surface area contributed by atoms with E-state index < -0.39 is 5.97 Å². The molecule has 0 radical (unpaired) electrons. The minimum atomic E-state index is -1.24. The first kappa shape index (κ1) is 24.3. The van der Waals surface area contributed by atoms with Gasteiger partial charge in [0.05, 0.1) is 26.4 Å². The summed E-state index contributed by atoms with van der Waals surface area (Å²) in [4.78, 5) is 15.7. The van der Waals surface area contributed by atoms with Gasteiger partial charge < -0.3 is 24.4 Å². The number of nitriles is 1. The second kappa shape index (κ2) is 12.0. The Morgan fingerprint density at radius 2 is 1.20 bits per heavy atom. The molecule has 2 aromatic rings. The molecule has 0 amide bonds. The van der Waals surface area contributed by atoms with Gasteiger partial charge in [-0.15, -0.1) is 0 Å². The SMILES string of the molecule is N#CC(=CC=CC=C(c1ccc(N2CCOCC2)cc1)c1ccc(N2CCOCC2)cc1)C(=O)O. The van der Waals surface area contributed by atoms with Gasteiger partial charge in [0, 0.05) is 37.6 Å². The van der Waals surface area contributed by atoms with Gasteiger partial charge in [0.2, 0.25) is 0 Å². The second-order valence-corrected chi connectivity index (χ2v) is 8.26. The molecule has 7 nitrogen and oxygen atoms in total. The summed E-state index contributed by atoms with van der Waals surface area (Å²) in [6.45, 7) is 6.47. The molecule has 0 saturated carbocycles. The topological polar surface area (TPSA) is 86.0 Å². The van der Waals surface area contributed by atoms with Gasteiger partial charge in [0.1, 0.15) is 11.6 Å². The Hall–Kier alpha value is -3.86. The lowest BCUT2D eigenvalue weighted by atomic mass is 9.96. The maximum absolute atomic E-state index is 11.1. The molecule has 2 aromatic carbocycles. The summed E-state index contributed by atoms with van der Waals surface area (Å²) >= 11 is 0. The fraction of sp³-hybridized carbons (Fsp3) is 0.286. The highest BCUT2D eigenvalue weighted by Gasteiger charge is 2.14. The van der Waals surface area contributed by atoms with Gasteiger partial charge in [-0.2, -0.15) is 5.26 Å². The number of morpholine rings is 2. The quantitative estimate of drug-likeness (QED) is 0.373. The Morgan fingerprint density at radius 1 is 0.771 bits per heavy atom. The second-order valence-electron chi connectivity index (χ2n) is 8.26. The van der Waals surface area contributed by atoms with Crippen molar-refractivity contribution in [2.45, 2.75) is 0 Å². The first-order valence-corrected chi connectivity index (χ1v) is 11.7. The van der Waals surface area contributed by atoms with E-state index in [-0.39, 0.29) is 5.57 Å². The van der Waals surface area contributed by atoms with Crippen LogP contribution >= 0.6 is 0 Å². The molecule has 2 aliphatic rings. The van der Waals surface area contributed by atoms with Crippen LogP contribution in [-0.4, -0.2) is 63.7 Å². The van der Waals surface area contributed by atoms with Crippen LogP contribution in [0.3, 0.4) is 0 Å². The highest BCUT2D eigenvalue weighted by Crippen LogP contribution is 2.28. The third kappa shape index (κ3) is 6.38. The molecule has 0 bridgehead atoms. The molecule has 0 atom stereocenters. The summed E-state index contributed by atoms with van der Waals surface area (Å²) in [5.41, 5.74) is 5.13. The van der Waals surface area contributed by atoms with Crippen LogP contribution in [0, 0.1) is 11.3 Å². The summed E-state index contributed by atoms with van der Waals surface area (Å²) in [6, 6.07) is 18.6. The average Bonchev–Trinajstić information content (AvgIpc) is 2.92. The largest absolute Gasteiger partial charge is 0.477 e. The van der Waals surface area contributed by atoms with E-state index in [4.69, 9.17) is 19.8 Å². The van der Waals surface area contributed by atoms with Crippen molar-refractivity contribution >= 4 is 22.9 Å². The molecule has 1 N–H and O–H groups in total. The van der Waals surface area contributed by atoms with Crippen molar-refractivity contribution < 1.29 is 19.4 Å². The first-order chi connectivity index (χ1) is 17.2. The van der Waals surface area contributed by atoms with E-state index >= 15 is 0 Å². The minimum absolute atomic E-state index is 0.305. The number of ether oxygens (including phenoxy) is 2. The minimum Gasteiger partial charge on any atom is -0.477 e. The average molecular weight is 472 g/mol. The van der Waals surface area contributed by atoms with E-state index in [1.807, 2.05) is 6.08 Å². The van der Waals surface area contributed by atoms with Crippen molar-refractivity contribution in [3.8, 4) is 6.07 Å². The molecule has 2 aliphatic heterocycles. The number of anilines is 2. The number of nitrogens with zero attached hydrogens (tertiary/aromatic N) is 3. The summed E-state index contributed by atoms with van der Waals surface area (Å²) in [5, 5.41) is 18.0. The molecule has 0 spiro atoms. The lowest BCUT2D eigenvalue weighted by molar-refractivity contribution is -0.132. The van der Waals surface area contributed by atoms with Gasteiger partial charge >= 0.3 is 5.97 Å². The van der Waals surface area contributed by atoms with Crippen molar-refractivity contribution in [1.29, 1.82) is 5.26 Å². The number of hydrogen-bond acceptors (Lipinski definition) is 6. The molecule has 4 rings (SSSR count). The predicted molar refractivity (Wildman–Crippen MR) is 136 cm³/mol. The van der Waals surface area contributed by atoms with Crippen molar-refractivity contribution in [2.24, 2.45) is 0 Å². The Kier molecular flexibility index (Phi) is 8.34. The summed E-state index contributed by atoms with van der Waals surface area (Å²) in [5.74, 6) is -1.24. The van der Waals surface area contributed by atoms with Gasteiger partial charge in [0.15, 0.2) is 0 Å². The van der Waals surface area contributed by atoms with Gasteiger partial charge in [0.25, 0.3) is 0 Å². The Balaban J connectivity index is 1.61. The highest BCUT2D eigenvalue weighted by atomic mass is 16.5. The molecule has 7 heteroatoms. The van der Waals surface area contributed by atoms with Crippen LogP contribution < -0.4 is 9.80 Å². The molecule has 2 saturated heterocycles. The molecule has 2 fully saturated rings. The van der Waals surface area contributed by atoms with Crippen LogP contribution in [-0.2, 0) is 14.3 Å². The van der Waals surface area contributed by atoms with E-state index in [1.165, 1.54) is 6.08 Å². The first-order valence-electron chi connectivity index (χ1n) is 11.7. The fourth-order valence-electron chi connectivity index (χ4n) is 4.17. The Bertz CT molecular complexity index is 1070. The van der Waals surface area contributed by atoms with Gasteiger partial charge in [-0.3, -0.25) is 0 Å². The zero-order chi connectivity index (χ0) is 24.5. The molecular formula is C28H29N3O4. The number of carbonyl (C=O) groups is 1. The molecule has 0 unspecified atom stereocenters. The zero-order valence-electron chi connectivity index (χ0n) is 19.6. The number of rotatable bonds is 7. The van der Waals surface area contributed by atoms with Crippen LogP contribution in [0.15, 0.2) is 78.4 Å². The third-order valence-electron chi connectivity index (χ3n) is 6.10. The van der Waals surface area contributed by atoms with Crippen LogP contribution in [0.5, 0.6) is 0 Å². The number of aliphatic carboxylic acids is 1. The number of hydrogen-bond donors (Lipinski definition) is 1. The number of allylic oxidation sites excluding steroid dienone is 4. The molecule has 35 heavy (non-hydrogen) atoms. The van der Waals surface area contributed by atoms with E-state index in [0.717, 1.165) is 80.7 Å². The normalized spacial score (nSPS) is 16.7. The number of carboxylic acid groups (broad SMARTS) is 1. The number of benzene rings is 2. The fourth-order valence-corrected chi connectivity index (χ4v) is 4.17. The van der Waals surface area contributed by atoms with Crippen molar-refractivity contribution in [3.05, 3.63) is 89.5 Å². The smallest absolute Gasteiger partial charge is 0.346 e. The predicted octanol–water partition coefficient (Wildman–Crippen LogP) is 3.88. The third-order valence-corrected chi connectivity index (χ3v) is 6.10. The van der Waals surface area contributed by atoms with Crippen molar-refractivity contribution in [2.75, 3.05) is 62.4 Å². The van der Waals surface area contributed by atoms with Gasteiger partial charge in [-0.1, -0.05) is 42.5 Å². The Labute approximate surface area is 205 Å². The van der Waals surface area contributed by atoms with Crippen LogP contribution in [0.1, 0.15) is 11.1 Å². The van der Waals surface area contributed by atoms with Crippen LogP contribution in [0.2, 0.25) is 0 Å². The van der Waals surface area contributed by atoms with E-state index in [2.05, 4.69) is 58.3 Å². The van der Waals surface area contributed by atoms with Crippen molar-refractivity contribution in [1.82, 2.24) is 0 Å². The highest BCUT2D eigenvalue weighted by molar-refractivity contribution is 5.91. The number of carboxylic acids is 1. The van der Waals surface area contributed by atoms with Crippen molar-refractivity contribution in [3.63, 3.8) is 0 Å². The van der Waals surface area contributed by atoms with E-state index in [9.17, 15) is 4.79 Å². The van der Waals surface area contributed by atoms with Crippen LogP contribution in [0.25, 0.3) is 5.57 Å². The van der Waals surface area contributed by atoms with E-state index in [0.29, 0.717) is 0 Å². The summed E-state index contributed by atoms with van der Waals surface area (Å²) < 4.78 is 10.9. The molecular weight excluding hydrogens is 442 g/mol. The monoisotopic (exact) mass is 471 g/mol. The molecule has 2 heterocycles. The lowest BCUT2D eigenvalue weighted by Gasteiger charge is -2.29. The summed E-state index contributed by atoms with van der Waals surface area (Å²) in [6.07, 6.45) is 6.60. The van der Waals surface area contributed by atoms with Gasteiger partial charge in [-0.25, -0.2) is 4.79 Å². The standard InChI is InChI=1S/C28H29N3O4/c29-21-24(28(32)33)3-1-2-4-27(22-5-9-25(10-6-22)30-13-17-34-18-14-30)23-7-11-26(12-8-23)31-15-19-35-20-16-31/h1-12H,13-20H2,(H,32,33). The lowest BCUT2D eigenvalue weighted by Crippen LogP contribution is -2.36. The molecule has 0 aliphatic carbocycles. The van der Waals surface area contributed by atoms with Crippen LogP contribution in [0.4, 0.5) is 11.4 Å². The summed E-state index contributed by atoms with van der Waals surface area (Å²) in [7, 11) is 0. The Morgan fingerprint density at radius 3 is 1.60 bits per heavy atom. The van der Waals surface area contributed by atoms with E-state index in [1.54, 1.807) is 18.2 Å². The maximum atomic E-state index is 11.1.